The van der Waals surface area contributed by atoms with Crippen LogP contribution < -0.4 is 5.73 Å². The van der Waals surface area contributed by atoms with Crippen LogP contribution in [-0.2, 0) is 0 Å². The first-order valence-corrected chi connectivity index (χ1v) is 5.21. The van der Waals surface area contributed by atoms with E-state index in [1.165, 1.54) is 12.1 Å². The molecule has 1 unspecified atom stereocenters. The Kier molecular flexibility index (Phi) is 2.82. The number of hydrogen-bond donors (Lipinski definition) is 1. The molecule has 2 N–H and O–H groups in total. The van der Waals surface area contributed by atoms with Crippen LogP contribution >= 0.6 is 0 Å². The van der Waals surface area contributed by atoms with Gasteiger partial charge < -0.3 is 5.73 Å². The van der Waals surface area contributed by atoms with Crippen molar-refractivity contribution in [3.05, 3.63) is 35.6 Å². The topological polar surface area (TPSA) is 43.1 Å². The first-order chi connectivity index (χ1) is 7.16. The summed E-state index contributed by atoms with van der Waals surface area (Å²) in [4.78, 5) is 11.7. The van der Waals surface area contributed by atoms with Crippen LogP contribution in [0.4, 0.5) is 4.39 Å². The summed E-state index contributed by atoms with van der Waals surface area (Å²) in [5.41, 5.74) is 6.26. The van der Waals surface area contributed by atoms with Gasteiger partial charge in [0.2, 0.25) is 0 Å². The predicted molar refractivity (Wildman–Crippen MR) is 56.0 cm³/mol. The lowest BCUT2D eigenvalue weighted by atomic mass is 10.0. The van der Waals surface area contributed by atoms with Crippen molar-refractivity contribution < 1.29 is 9.18 Å². The zero-order valence-electron chi connectivity index (χ0n) is 8.45. The molecule has 3 heteroatoms. The van der Waals surface area contributed by atoms with E-state index in [4.69, 9.17) is 5.73 Å². The highest BCUT2D eigenvalue weighted by atomic mass is 19.1. The van der Waals surface area contributed by atoms with E-state index in [1.807, 2.05) is 0 Å². The summed E-state index contributed by atoms with van der Waals surface area (Å²) in [5, 5.41) is 0. The first-order valence-electron chi connectivity index (χ1n) is 5.21. The van der Waals surface area contributed by atoms with Gasteiger partial charge in [0.25, 0.3) is 0 Å². The van der Waals surface area contributed by atoms with Crippen LogP contribution in [-0.4, -0.2) is 11.8 Å². The summed E-state index contributed by atoms with van der Waals surface area (Å²) in [7, 11) is 0. The van der Waals surface area contributed by atoms with E-state index in [2.05, 4.69) is 0 Å². The maximum Gasteiger partial charge on any atom is 0.164 e. The molecule has 1 aromatic rings. The van der Waals surface area contributed by atoms with Crippen LogP contribution in [0.5, 0.6) is 0 Å². The van der Waals surface area contributed by atoms with Crippen LogP contribution in [0.2, 0.25) is 0 Å². The van der Waals surface area contributed by atoms with Crippen molar-refractivity contribution in [2.75, 3.05) is 0 Å². The monoisotopic (exact) mass is 207 g/mol. The van der Waals surface area contributed by atoms with Gasteiger partial charge in [-0.2, -0.15) is 0 Å². The van der Waals surface area contributed by atoms with Gasteiger partial charge >= 0.3 is 0 Å². The summed E-state index contributed by atoms with van der Waals surface area (Å²) < 4.78 is 12.9. The molecule has 0 bridgehead atoms. The molecule has 2 rings (SSSR count). The third-order valence-electron chi connectivity index (χ3n) is 2.80. The van der Waals surface area contributed by atoms with E-state index in [9.17, 15) is 9.18 Å². The summed E-state index contributed by atoms with van der Waals surface area (Å²) in [6.07, 6.45) is 2.57. The zero-order chi connectivity index (χ0) is 10.8. The zero-order valence-corrected chi connectivity index (χ0v) is 8.45. The molecule has 1 aliphatic rings. The highest BCUT2D eigenvalue weighted by molar-refractivity contribution is 5.96. The Labute approximate surface area is 88.3 Å². The van der Waals surface area contributed by atoms with Gasteiger partial charge in [-0.3, -0.25) is 4.79 Å². The SMILES string of the molecule is NC(CC(=O)c1cccc(F)c1)C1CC1. The van der Waals surface area contributed by atoms with E-state index in [0.29, 0.717) is 17.9 Å². The quantitative estimate of drug-likeness (QED) is 0.768. The van der Waals surface area contributed by atoms with E-state index in [-0.39, 0.29) is 17.6 Å². The van der Waals surface area contributed by atoms with Gasteiger partial charge in [0.1, 0.15) is 5.82 Å². The second-order valence-electron chi connectivity index (χ2n) is 4.14. The summed E-state index contributed by atoms with van der Waals surface area (Å²) >= 11 is 0. The van der Waals surface area contributed by atoms with Gasteiger partial charge in [0, 0.05) is 18.0 Å². The van der Waals surface area contributed by atoms with Crippen molar-refractivity contribution in [3.8, 4) is 0 Å². The number of ketones is 1. The van der Waals surface area contributed by atoms with Crippen molar-refractivity contribution in [2.24, 2.45) is 11.7 Å². The molecular formula is C12H14FNO. The molecule has 15 heavy (non-hydrogen) atoms. The molecule has 1 fully saturated rings. The van der Waals surface area contributed by atoms with Crippen LogP contribution in [0.15, 0.2) is 24.3 Å². The molecule has 80 valence electrons. The average molecular weight is 207 g/mol. The minimum absolute atomic E-state index is 0.0548. The lowest BCUT2D eigenvalue weighted by Gasteiger charge is -2.08. The molecule has 1 atom stereocenters. The maximum absolute atomic E-state index is 12.9. The smallest absolute Gasteiger partial charge is 0.164 e. The minimum Gasteiger partial charge on any atom is -0.327 e. The summed E-state index contributed by atoms with van der Waals surface area (Å²) in [5.74, 6) is 0.0669. The Morgan fingerprint density at radius 3 is 2.87 bits per heavy atom. The number of benzene rings is 1. The standard InChI is InChI=1S/C12H14FNO/c13-10-3-1-2-9(6-10)12(15)7-11(14)8-4-5-8/h1-3,6,8,11H,4-5,7,14H2. The van der Waals surface area contributed by atoms with Crippen LogP contribution in [0.25, 0.3) is 0 Å². The molecule has 1 aliphatic carbocycles. The van der Waals surface area contributed by atoms with Gasteiger partial charge in [-0.05, 0) is 30.9 Å². The van der Waals surface area contributed by atoms with Crippen molar-refractivity contribution in [3.63, 3.8) is 0 Å². The van der Waals surface area contributed by atoms with Crippen molar-refractivity contribution in [1.82, 2.24) is 0 Å². The van der Waals surface area contributed by atoms with E-state index >= 15 is 0 Å². The highest BCUT2D eigenvalue weighted by Gasteiger charge is 2.29. The fourth-order valence-electron chi connectivity index (χ4n) is 1.68. The number of hydrogen-bond acceptors (Lipinski definition) is 2. The van der Waals surface area contributed by atoms with Crippen molar-refractivity contribution in [1.29, 1.82) is 0 Å². The summed E-state index contributed by atoms with van der Waals surface area (Å²) in [6, 6.07) is 5.72. The normalized spacial score (nSPS) is 17.5. The first kappa shape index (κ1) is 10.3. The van der Waals surface area contributed by atoms with E-state index < -0.39 is 0 Å². The van der Waals surface area contributed by atoms with Crippen LogP contribution in [0, 0.1) is 11.7 Å². The molecule has 0 heterocycles. The van der Waals surface area contributed by atoms with Crippen molar-refractivity contribution >= 4 is 5.78 Å². The molecule has 0 saturated heterocycles. The number of Topliss-reactive ketones (excluding diaryl/α,β-unsaturated/α-hetero) is 1. The number of carbonyl (C=O) groups excluding carboxylic acids is 1. The van der Waals surface area contributed by atoms with Crippen molar-refractivity contribution in [2.45, 2.75) is 25.3 Å². The molecule has 2 nitrogen and oxygen atoms in total. The maximum atomic E-state index is 12.9. The Morgan fingerprint density at radius 2 is 2.27 bits per heavy atom. The second kappa shape index (κ2) is 4.11. The van der Waals surface area contributed by atoms with Crippen LogP contribution in [0.3, 0.4) is 0 Å². The van der Waals surface area contributed by atoms with Gasteiger partial charge in [-0.1, -0.05) is 12.1 Å². The van der Waals surface area contributed by atoms with E-state index in [1.54, 1.807) is 12.1 Å². The Bertz CT molecular complexity index is 374. The lowest BCUT2D eigenvalue weighted by molar-refractivity contribution is 0.0971. The second-order valence-corrected chi connectivity index (χ2v) is 4.14. The van der Waals surface area contributed by atoms with E-state index in [0.717, 1.165) is 12.8 Å². The molecule has 0 spiro atoms. The fraction of sp³-hybridized carbons (Fsp3) is 0.417. The minimum atomic E-state index is -0.374. The molecule has 1 aromatic carbocycles. The highest BCUT2D eigenvalue weighted by Crippen LogP contribution is 2.33. The van der Waals surface area contributed by atoms with Gasteiger partial charge in [-0.15, -0.1) is 0 Å². The summed E-state index contributed by atoms with van der Waals surface area (Å²) in [6.45, 7) is 0. The number of carbonyl (C=O) groups is 1. The molecule has 1 saturated carbocycles. The fourth-order valence-corrected chi connectivity index (χ4v) is 1.68. The van der Waals surface area contributed by atoms with Crippen LogP contribution in [0.1, 0.15) is 29.6 Å². The molecular weight excluding hydrogens is 193 g/mol. The molecule has 0 radical (unpaired) electrons. The Morgan fingerprint density at radius 1 is 1.53 bits per heavy atom. The van der Waals surface area contributed by atoms with Gasteiger partial charge in [-0.25, -0.2) is 4.39 Å². The Hall–Kier alpha value is -1.22. The number of rotatable bonds is 4. The predicted octanol–water partition coefficient (Wildman–Crippen LogP) is 2.14. The Balaban J connectivity index is 2.00. The molecule has 0 amide bonds. The van der Waals surface area contributed by atoms with Gasteiger partial charge in [0.15, 0.2) is 5.78 Å². The average Bonchev–Trinajstić information content (AvgIpc) is 3.00. The third kappa shape index (κ3) is 2.63. The number of nitrogens with two attached hydrogens (primary N) is 1. The third-order valence-corrected chi connectivity index (χ3v) is 2.80. The molecule has 0 aromatic heterocycles. The number of halogens is 1. The lowest BCUT2D eigenvalue weighted by Crippen LogP contribution is -2.25. The molecule has 0 aliphatic heterocycles. The largest absolute Gasteiger partial charge is 0.327 e. The van der Waals surface area contributed by atoms with Gasteiger partial charge in [0.05, 0.1) is 0 Å².